The third-order valence-electron chi connectivity index (χ3n) is 3.90. The first-order valence-electron chi connectivity index (χ1n) is 7.74. The Morgan fingerprint density at radius 3 is 2.33 bits per heavy atom. The lowest BCUT2D eigenvalue weighted by molar-refractivity contribution is -0.114. The maximum Gasteiger partial charge on any atom is 0.268 e. The second-order valence-corrected chi connectivity index (χ2v) is 7.78. The molecule has 1 aliphatic rings. The zero-order valence-electron chi connectivity index (χ0n) is 13.8. The first-order valence-corrected chi connectivity index (χ1v) is 9.18. The number of nitrogens with zero attached hydrogens (tertiary/aromatic N) is 2. The van der Waals surface area contributed by atoms with E-state index in [1.165, 1.54) is 11.2 Å². The molecule has 1 heterocycles. The maximum absolute atomic E-state index is 13.2. The molecule has 7 nitrogen and oxygen atoms in total. The van der Waals surface area contributed by atoms with Gasteiger partial charge in [-0.2, -0.15) is 5.10 Å². The fraction of sp³-hybridized carbons (Fsp3) is 0.375. The van der Waals surface area contributed by atoms with Crippen LogP contribution in [0.1, 0.15) is 31.2 Å². The van der Waals surface area contributed by atoms with Gasteiger partial charge in [0.2, 0.25) is 5.91 Å². The van der Waals surface area contributed by atoms with Crippen LogP contribution in [0.3, 0.4) is 0 Å². The Morgan fingerprint density at radius 2 is 1.88 bits per heavy atom. The van der Waals surface area contributed by atoms with E-state index in [9.17, 15) is 13.2 Å². The SMILES string of the molecule is CC(=O)Nc1ccc(N(C2CC2)S(=O)(=O)c2c(C)n[nH]c2C)cc1. The fourth-order valence-corrected chi connectivity index (χ4v) is 4.82. The average molecular weight is 348 g/mol. The van der Waals surface area contributed by atoms with E-state index in [2.05, 4.69) is 15.5 Å². The van der Waals surface area contributed by atoms with E-state index >= 15 is 0 Å². The lowest BCUT2D eigenvalue weighted by Crippen LogP contribution is -2.33. The highest BCUT2D eigenvalue weighted by Gasteiger charge is 2.40. The van der Waals surface area contributed by atoms with Crippen LogP contribution >= 0.6 is 0 Å². The number of carbonyl (C=O) groups is 1. The largest absolute Gasteiger partial charge is 0.326 e. The van der Waals surface area contributed by atoms with Crippen LogP contribution in [0.15, 0.2) is 29.2 Å². The van der Waals surface area contributed by atoms with Gasteiger partial charge in [-0.05, 0) is 51.0 Å². The number of hydrogen-bond acceptors (Lipinski definition) is 4. The van der Waals surface area contributed by atoms with Crippen LogP contribution in [0.25, 0.3) is 0 Å². The number of aromatic amines is 1. The molecule has 2 aromatic rings. The van der Waals surface area contributed by atoms with E-state index in [0.29, 0.717) is 22.8 Å². The summed E-state index contributed by atoms with van der Waals surface area (Å²) >= 11 is 0. The zero-order valence-corrected chi connectivity index (χ0v) is 14.6. The summed E-state index contributed by atoms with van der Waals surface area (Å²) in [7, 11) is -3.69. The quantitative estimate of drug-likeness (QED) is 0.867. The van der Waals surface area contributed by atoms with Gasteiger partial charge < -0.3 is 5.32 Å². The molecule has 0 aliphatic heterocycles. The molecule has 1 saturated carbocycles. The summed E-state index contributed by atoms with van der Waals surface area (Å²) in [6, 6.07) is 6.81. The van der Waals surface area contributed by atoms with Gasteiger partial charge in [-0.3, -0.25) is 14.2 Å². The molecule has 8 heteroatoms. The predicted molar refractivity (Wildman–Crippen MR) is 91.5 cm³/mol. The summed E-state index contributed by atoms with van der Waals surface area (Å²) in [5.74, 6) is -0.168. The number of aryl methyl sites for hydroxylation is 2. The van der Waals surface area contributed by atoms with E-state index in [0.717, 1.165) is 12.8 Å². The maximum atomic E-state index is 13.2. The predicted octanol–water partition coefficient (Wildman–Crippen LogP) is 2.34. The first kappa shape index (κ1) is 16.5. The van der Waals surface area contributed by atoms with Crippen LogP contribution in [-0.4, -0.2) is 30.6 Å². The monoisotopic (exact) mass is 348 g/mol. The van der Waals surface area contributed by atoms with Crippen LogP contribution < -0.4 is 9.62 Å². The molecule has 1 fully saturated rings. The molecule has 0 unspecified atom stereocenters. The number of nitrogens with one attached hydrogen (secondary N) is 2. The third kappa shape index (κ3) is 3.01. The van der Waals surface area contributed by atoms with Crippen molar-refractivity contribution >= 4 is 27.3 Å². The molecule has 1 aromatic heterocycles. The van der Waals surface area contributed by atoms with Gasteiger partial charge in [0, 0.05) is 18.7 Å². The van der Waals surface area contributed by atoms with Gasteiger partial charge in [-0.25, -0.2) is 8.42 Å². The zero-order chi connectivity index (χ0) is 17.5. The van der Waals surface area contributed by atoms with Crippen molar-refractivity contribution in [3.8, 4) is 0 Å². The second-order valence-electron chi connectivity index (χ2n) is 6.02. The Morgan fingerprint density at radius 1 is 1.25 bits per heavy atom. The van der Waals surface area contributed by atoms with Crippen LogP contribution in [0.2, 0.25) is 0 Å². The number of anilines is 2. The van der Waals surface area contributed by atoms with E-state index in [-0.39, 0.29) is 16.8 Å². The van der Waals surface area contributed by atoms with Crippen molar-refractivity contribution in [3.05, 3.63) is 35.7 Å². The number of rotatable bonds is 5. The van der Waals surface area contributed by atoms with Crippen molar-refractivity contribution in [2.45, 2.75) is 44.6 Å². The minimum Gasteiger partial charge on any atom is -0.326 e. The normalized spacial score (nSPS) is 14.5. The van der Waals surface area contributed by atoms with Gasteiger partial charge in [-0.1, -0.05) is 0 Å². The Balaban J connectivity index is 2.00. The smallest absolute Gasteiger partial charge is 0.268 e. The van der Waals surface area contributed by atoms with E-state index < -0.39 is 10.0 Å². The standard InChI is InChI=1S/C16H20N4O3S/c1-10-16(11(2)19-18-10)24(22,23)20(15-8-9-15)14-6-4-13(5-7-14)17-12(3)21/h4-7,15H,8-9H2,1-3H3,(H,17,21)(H,18,19). The van der Waals surface area contributed by atoms with Crippen molar-refractivity contribution in [2.24, 2.45) is 0 Å². The molecular formula is C16H20N4O3S. The summed E-state index contributed by atoms with van der Waals surface area (Å²) in [4.78, 5) is 11.3. The Hall–Kier alpha value is -2.35. The summed E-state index contributed by atoms with van der Waals surface area (Å²) in [5.41, 5.74) is 2.22. The molecule has 0 bridgehead atoms. The van der Waals surface area contributed by atoms with Gasteiger partial charge in [0.25, 0.3) is 10.0 Å². The molecule has 0 saturated heterocycles. The second kappa shape index (κ2) is 5.94. The number of carbonyl (C=O) groups excluding carboxylic acids is 1. The topological polar surface area (TPSA) is 95.2 Å². The molecule has 1 aromatic carbocycles. The number of amides is 1. The van der Waals surface area contributed by atoms with Gasteiger partial charge in [0.1, 0.15) is 4.90 Å². The Kier molecular flexibility index (Phi) is 4.08. The lowest BCUT2D eigenvalue weighted by atomic mass is 10.2. The molecule has 2 N–H and O–H groups in total. The number of hydrogen-bond donors (Lipinski definition) is 2. The molecule has 0 spiro atoms. The summed E-state index contributed by atoms with van der Waals surface area (Å²) in [6.07, 6.45) is 1.67. The van der Waals surface area contributed by atoms with Crippen molar-refractivity contribution < 1.29 is 13.2 Å². The summed E-state index contributed by atoms with van der Waals surface area (Å²) in [6.45, 7) is 4.82. The molecule has 24 heavy (non-hydrogen) atoms. The molecule has 128 valence electrons. The number of benzene rings is 1. The number of aromatic nitrogens is 2. The van der Waals surface area contributed by atoms with Gasteiger partial charge in [0.05, 0.1) is 17.1 Å². The van der Waals surface area contributed by atoms with E-state index in [1.54, 1.807) is 38.1 Å². The lowest BCUT2D eigenvalue weighted by Gasteiger charge is -2.24. The molecule has 1 aliphatic carbocycles. The highest BCUT2D eigenvalue weighted by atomic mass is 32.2. The molecular weight excluding hydrogens is 328 g/mol. The van der Waals surface area contributed by atoms with Crippen molar-refractivity contribution in [2.75, 3.05) is 9.62 Å². The van der Waals surface area contributed by atoms with Gasteiger partial charge in [0.15, 0.2) is 0 Å². The van der Waals surface area contributed by atoms with Crippen LogP contribution in [0, 0.1) is 13.8 Å². The number of sulfonamides is 1. The molecule has 0 radical (unpaired) electrons. The Bertz CT molecular complexity index is 848. The van der Waals surface area contributed by atoms with E-state index in [1.807, 2.05) is 0 Å². The average Bonchev–Trinajstić information content (AvgIpc) is 3.25. The summed E-state index contributed by atoms with van der Waals surface area (Å²) < 4.78 is 27.8. The highest BCUT2D eigenvalue weighted by molar-refractivity contribution is 7.93. The summed E-state index contributed by atoms with van der Waals surface area (Å²) in [5, 5.41) is 9.42. The van der Waals surface area contributed by atoms with Crippen LogP contribution in [0.4, 0.5) is 11.4 Å². The van der Waals surface area contributed by atoms with Crippen LogP contribution in [0.5, 0.6) is 0 Å². The minimum absolute atomic E-state index is 0.0321. The third-order valence-corrected chi connectivity index (χ3v) is 6.04. The fourth-order valence-electron chi connectivity index (χ4n) is 2.77. The highest BCUT2D eigenvalue weighted by Crippen LogP contribution is 2.38. The van der Waals surface area contributed by atoms with E-state index in [4.69, 9.17) is 0 Å². The van der Waals surface area contributed by atoms with Gasteiger partial charge in [-0.15, -0.1) is 0 Å². The van der Waals surface area contributed by atoms with Crippen molar-refractivity contribution in [1.29, 1.82) is 0 Å². The molecule has 3 rings (SSSR count). The van der Waals surface area contributed by atoms with Gasteiger partial charge >= 0.3 is 0 Å². The van der Waals surface area contributed by atoms with Crippen molar-refractivity contribution in [1.82, 2.24) is 10.2 Å². The Labute approximate surface area is 141 Å². The van der Waals surface area contributed by atoms with Crippen LogP contribution in [-0.2, 0) is 14.8 Å². The number of H-pyrrole nitrogens is 1. The minimum atomic E-state index is -3.69. The molecule has 0 atom stereocenters. The first-order chi connectivity index (χ1) is 11.3. The van der Waals surface area contributed by atoms with Crippen molar-refractivity contribution in [3.63, 3.8) is 0 Å². The molecule has 1 amide bonds.